The summed E-state index contributed by atoms with van der Waals surface area (Å²) in [5.74, 6) is -0.203. The summed E-state index contributed by atoms with van der Waals surface area (Å²) in [6.07, 6.45) is 7.25. The lowest BCUT2D eigenvalue weighted by Crippen LogP contribution is -2.55. The summed E-state index contributed by atoms with van der Waals surface area (Å²) in [5, 5.41) is 11.6. The molecular formula is C23H25ClN6O4. The number of urea groups is 1. The lowest BCUT2D eigenvalue weighted by molar-refractivity contribution is -0.389. The fourth-order valence-corrected chi connectivity index (χ4v) is 4.74. The third-order valence-corrected chi connectivity index (χ3v) is 6.57. The molecule has 4 heterocycles. The second-order valence-electron chi connectivity index (χ2n) is 9.00. The number of carbonyl (C=O) groups is 1. The van der Waals surface area contributed by atoms with Crippen LogP contribution in [0.4, 0.5) is 10.6 Å². The molecule has 2 amide bonds. The van der Waals surface area contributed by atoms with E-state index in [4.69, 9.17) is 16.3 Å². The molecule has 1 fully saturated rings. The molecule has 1 saturated heterocycles. The van der Waals surface area contributed by atoms with Crippen molar-refractivity contribution in [3.63, 3.8) is 0 Å². The quantitative estimate of drug-likeness (QED) is 0.488. The SMILES string of the molecule is C[C@]1(CN2CCN(C(=O)N3C=CC(c4ccc(Cl)cc4)=CC3)CC2)Cn2cc([N+](=O)[O-])nc2O1. The van der Waals surface area contributed by atoms with Crippen molar-refractivity contribution in [3.05, 3.63) is 69.5 Å². The van der Waals surface area contributed by atoms with Gasteiger partial charge in [0.15, 0.2) is 0 Å². The van der Waals surface area contributed by atoms with E-state index in [0.29, 0.717) is 37.7 Å². The van der Waals surface area contributed by atoms with Gasteiger partial charge in [0, 0.05) is 55.5 Å². The maximum atomic E-state index is 13.0. The van der Waals surface area contributed by atoms with Crippen LogP contribution in [-0.4, -0.2) is 80.1 Å². The van der Waals surface area contributed by atoms with Crippen molar-refractivity contribution in [2.75, 3.05) is 39.3 Å². The molecule has 0 bridgehead atoms. The molecular weight excluding hydrogens is 460 g/mol. The molecule has 0 aliphatic carbocycles. The summed E-state index contributed by atoms with van der Waals surface area (Å²) in [6.45, 7) is 6.39. The summed E-state index contributed by atoms with van der Waals surface area (Å²) in [6, 6.07) is 7.94. The highest BCUT2D eigenvalue weighted by Crippen LogP contribution is 2.31. The van der Waals surface area contributed by atoms with E-state index in [1.165, 1.54) is 6.20 Å². The molecule has 3 aliphatic rings. The summed E-state index contributed by atoms with van der Waals surface area (Å²) in [4.78, 5) is 33.2. The monoisotopic (exact) mass is 484 g/mol. The van der Waals surface area contributed by atoms with Gasteiger partial charge in [0.25, 0.3) is 0 Å². The normalized spacial score (nSPS) is 22.4. The van der Waals surface area contributed by atoms with Crippen molar-refractivity contribution < 1.29 is 14.5 Å². The average molecular weight is 485 g/mol. The molecule has 0 saturated carbocycles. The Morgan fingerprint density at radius 1 is 1.24 bits per heavy atom. The number of hydrogen-bond acceptors (Lipinski definition) is 6. The van der Waals surface area contributed by atoms with Gasteiger partial charge in [0.1, 0.15) is 11.8 Å². The van der Waals surface area contributed by atoms with Crippen LogP contribution >= 0.6 is 11.6 Å². The number of hydrogen-bond donors (Lipinski definition) is 0. The van der Waals surface area contributed by atoms with Gasteiger partial charge in [-0.05, 0) is 41.2 Å². The maximum Gasteiger partial charge on any atom is 0.415 e. The number of nitrogens with zero attached hydrogens (tertiary/aromatic N) is 6. The first-order chi connectivity index (χ1) is 16.3. The van der Waals surface area contributed by atoms with Crippen molar-refractivity contribution in [1.82, 2.24) is 24.3 Å². The van der Waals surface area contributed by atoms with Gasteiger partial charge in [-0.2, -0.15) is 0 Å². The Hall–Kier alpha value is -3.37. The van der Waals surface area contributed by atoms with Crippen molar-refractivity contribution in [2.24, 2.45) is 0 Å². The number of allylic oxidation sites excluding steroid dienone is 2. The standard InChI is InChI=1S/C23H25ClN6O4/c1-23(16-29-14-20(30(32)33)25-21(29)34-23)15-26-10-12-28(13-11-26)22(31)27-8-6-18(7-9-27)17-2-4-19(24)5-3-17/h2-8,14H,9-13,15-16H2,1H3/t23-/m0/s1. The molecule has 2 aromatic rings. The smallest absolute Gasteiger partial charge is 0.415 e. The van der Waals surface area contributed by atoms with E-state index >= 15 is 0 Å². The molecule has 10 nitrogen and oxygen atoms in total. The number of benzene rings is 1. The highest BCUT2D eigenvalue weighted by molar-refractivity contribution is 6.30. The Kier molecular flexibility index (Phi) is 5.78. The average Bonchev–Trinajstić information content (AvgIpc) is 3.35. The second kappa shape index (κ2) is 8.77. The van der Waals surface area contributed by atoms with Crippen LogP contribution in [0.3, 0.4) is 0 Å². The van der Waals surface area contributed by atoms with Crippen LogP contribution in [0.1, 0.15) is 12.5 Å². The van der Waals surface area contributed by atoms with Crippen LogP contribution in [0.25, 0.3) is 5.57 Å². The van der Waals surface area contributed by atoms with Crippen LogP contribution in [0.15, 0.2) is 48.8 Å². The number of rotatable bonds is 4. The van der Waals surface area contributed by atoms with Gasteiger partial charge in [0.2, 0.25) is 0 Å². The van der Waals surface area contributed by atoms with Crippen LogP contribution in [0.2, 0.25) is 5.02 Å². The Morgan fingerprint density at radius 2 is 1.97 bits per heavy atom. The number of imidazole rings is 1. The van der Waals surface area contributed by atoms with Crippen molar-refractivity contribution in [1.29, 1.82) is 0 Å². The van der Waals surface area contributed by atoms with E-state index in [2.05, 4.69) is 9.88 Å². The van der Waals surface area contributed by atoms with Gasteiger partial charge in [-0.25, -0.2) is 4.79 Å². The summed E-state index contributed by atoms with van der Waals surface area (Å²) < 4.78 is 7.63. The highest BCUT2D eigenvalue weighted by atomic mass is 35.5. The molecule has 0 unspecified atom stereocenters. The first-order valence-corrected chi connectivity index (χ1v) is 11.5. The minimum atomic E-state index is -0.520. The molecule has 11 heteroatoms. The van der Waals surface area contributed by atoms with Crippen molar-refractivity contribution in [2.45, 2.75) is 19.1 Å². The molecule has 5 rings (SSSR count). The van der Waals surface area contributed by atoms with Gasteiger partial charge in [0.05, 0.1) is 6.54 Å². The molecule has 178 valence electrons. The van der Waals surface area contributed by atoms with E-state index < -0.39 is 10.5 Å². The Labute approximate surface area is 201 Å². The zero-order valence-electron chi connectivity index (χ0n) is 18.8. The third-order valence-electron chi connectivity index (χ3n) is 6.32. The second-order valence-corrected chi connectivity index (χ2v) is 9.44. The number of halogens is 1. The molecule has 1 aromatic carbocycles. The number of fused-ring (bicyclic) bond motifs is 1. The van der Waals surface area contributed by atoms with E-state index in [1.54, 1.807) is 9.47 Å². The fourth-order valence-electron chi connectivity index (χ4n) is 4.61. The predicted molar refractivity (Wildman–Crippen MR) is 127 cm³/mol. The van der Waals surface area contributed by atoms with Gasteiger partial charge in [-0.1, -0.05) is 29.8 Å². The third kappa shape index (κ3) is 4.51. The lowest BCUT2D eigenvalue weighted by atomic mass is 10.0. The minimum Gasteiger partial charge on any atom is -0.436 e. The number of nitro groups is 1. The molecule has 1 aromatic heterocycles. The fraction of sp³-hybridized carbons (Fsp3) is 0.391. The van der Waals surface area contributed by atoms with Gasteiger partial charge in [-0.3, -0.25) is 14.4 Å². The predicted octanol–water partition coefficient (Wildman–Crippen LogP) is 3.25. The Morgan fingerprint density at radius 3 is 2.59 bits per heavy atom. The lowest BCUT2D eigenvalue weighted by Gasteiger charge is -2.39. The van der Waals surface area contributed by atoms with E-state index in [0.717, 1.165) is 24.2 Å². The molecule has 0 radical (unpaired) electrons. The largest absolute Gasteiger partial charge is 0.436 e. The molecule has 1 atom stereocenters. The molecule has 3 aliphatic heterocycles. The number of carbonyl (C=O) groups excluding carboxylic acids is 1. The first-order valence-electron chi connectivity index (χ1n) is 11.1. The summed E-state index contributed by atoms with van der Waals surface area (Å²) in [5.41, 5.74) is 1.63. The number of piperazine rings is 1. The van der Waals surface area contributed by atoms with E-state index in [1.807, 2.05) is 54.4 Å². The number of amides is 2. The van der Waals surface area contributed by atoms with Crippen LogP contribution in [-0.2, 0) is 6.54 Å². The van der Waals surface area contributed by atoms with Crippen LogP contribution in [0.5, 0.6) is 6.01 Å². The van der Waals surface area contributed by atoms with E-state index in [9.17, 15) is 14.9 Å². The zero-order valence-corrected chi connectivity index (χ0v) is 19.5. The molecule has 34 heavy (non-hydrogen) atoms. The zero-order chi connectivity index (χ0) is 23.9. The molecule has 0 N–H and O–H groups in total. The van der Waals surface area contributed by atoms with Gasteiger partial charge < -0.3 is 19.8 Å². The van der Waals surface area contributed by atoms with Gasteiger partial charge in [-0.15, -0.1) is 0 Å². The first kappa shape index (κ1) is 22.4. The van der Waals surface area contributed by atoms with Crippen LogP contribution < -0.4 is 4.74 Å². The van der Waals surface area contributed by atoms with E-state index in [-0.39, 0.29) is 17.9 Å². The number of aromatic nitrogens is 2. The van der Waals surface area contributed by atoms with Crippen LogP contribution in [0, 0.1) is 10.1 Å². The Bertz CT molecular complexity index is 1140. The number of ether oxygens (including phenoxy) is 1. The summed E-state index contributed by atoms with van der Waals surface area (Å²) >= 11 is 5.97. The minimum absolute atomic E-state index is 0.00178. The maximum absolute atomic E-state index is 13.0. The highest BCUT2D eigenvalue weighted by Gasteiger charge is 2.42. The molecule has 0 spiro atoms. The van der Waals surface area contributed by atoms with Crippen molar-refractivity contribution in [3.8, 4) is 6.01 Å². The Balaban J connectivity index is 1.11. The van der Waals surface area contributed by atoms with Crippen molar-refractivity contribution >= 4 is 29.0 Å². The summed E-state index contributed by atoms with van der Waals surface area (Å²) in [7, 11) is 0. The van der Waals surface area contributed by atoms with Gasteiger partial charge >= 0.3 is 17.9 Å². The topological polar surface area (TPSA) is 97.0 Å².